The van der Waals surface area contributed by atoms with Gasteiger partial charge in [0.2, 0.25) is 0 Å². The van der Waals surface area contributed by atoms with Gasteiger partial charge in [-0.15, -0.1) is 0 Å². The van der Waals surface area contributed by atoms with E-state index in [1.807, 2.05) is 4.72 Å². The van der Waals surface area contributed by atoms with Gasteiger partial charge in [-0.2, -0.15) is 15.1 Å². The number of sulfonamides is 1. The van der Waals surface area contributed by atoms with Crippen molar-refractivity contribution >= 4 is 16.0 Å². The lowest BCUT2D eigenvalue weighted by atomic mass is 10.4. The average molecular weight is 258 g/mol. The zero-order chi connectivity index (χ0) is 12.9. The number of esters is 1. The van der Waals surface area contributed by atoms with E-state index >= 15 is 0 Å². The minimum absolute atomic E-state index is 0.120. The topological polar surface area (TPSA) is 125 Å². The molecule has 1 aromatic rings. The maximum absolute atomic E-state index is 11.6. The third-order valence-corrected chi connectivity index (χ3v) is 3.08. The molecule has 0 saturated heterocycles. The van der Waals surface area contributed by atoms with Crippen molar-refractivity contribution in [3.8, 4) is 6.07 Å². The molecule has 0 aliphatic rings. The minimum atomic E-state index is -3.96. The number of aromatic nitrogens is 2. The van der Waals surface area contributed by atoms with Crippen LogP contribution in [-0.2, 0) is 14.8 Å². The summed E-state index contributed by atoms with van der Waals surface area (Å²) >= 11 is 0. The number of H-pyrrole nitrogens is 1. The summed E-state index contributed by atoms with van der Waals surface area (Å²) in [6, 6.07) is 1.62. The van der Waals surface area contributed by atoms with Crippen molar-refractivity contribution < 1.29 is 17.9 Å². The second-order valence-electron chi connectivity index (χ2n) is 2.82. The number of ether oxygens (including phenoxy) is 1. The second-order valence-corrected chi connectivity index (χ2v) is 4.52. The summed E-state index contributed by atoms with van der Waals surface area (Å²) in [6.45, 7) is 1.32. The van der Waals surface area contributed by atoms with Gasteiger partial charge in [0.15, 0.2) is 5.03 Å². The van der Waals surface area contributed by atoms with Crippen molar-refractivity contribution in [2.24, 2.45) is 0 Å². The molecule has 0 saturated carbocycles. The lowest BCUT2D eigenvalue weighted by Gasteiger charge is -2.03. The van der Waals surface area contributed by atoms with E-state index < -0.39 is 27.6 Å². The highest BCUT2D eigenvalue weighted by Crippen LogP contribution is 2.12. The van der Waals surface area contributed by atoms with E-state index in [4.69, 9.17) is 5.26 Å². The highest BCUT2D eigenvalue weighted by atomic mass is 32.2. The summed E-state index contributed by atoms with van der Waals surface area (Å²) in [5, 5.41) is 13.5. The standard InChI is InChI=1S/C8H10N4O4S/c1-2-16-8(13)6-5-10-12-7(6)17(14,15)11-4-3-9/h5,11H,2,4H2,1H3,(H,10,12). The minimum Gasteiger partial charge on any atom is -0.462 e. The fourth-order valence-electron chi connectivity index (χ4n) is 1.03. The summed E-state index contributed by atoms with van der Waals surface area (Å²) < 4.78 is 29.9. The zero-order valence-electron chi connectivity index (χ0n) is 8.93. The molecule has 17 heavy (non-hydrogen) atoms. The van der Waals surface area contributed by atoms with Gasteiger partial charge in [0.05, 0.1) is 25.4 Å². The Kier molecular flexibility index (Phi) is 4.19. The molecule has 0 unspecified atom stereocenters. The monoisotopic (exact) mass is 258 g/mol. The van der Waals surface area contributed by atoms with E-state index in [9.17, 15) is 13.2 Å². The van der Waals surface area contributed by atoms with Crippen molar-refractivity contribution in [2.75, 3.05) is 13.2 Å². The Morgan fingerprint density at radius 1 is 1.71 bits per heavy atom. The van der Waals surface area contributed by atoms with E-state index in [0.29, 0.717) is 0 Å². The molecule has 0 aliphatic carbocycles. The van der Waals surface area contributed by atoms with Crippen LogP contribution in [0.2, 0.25) is 0 Å². The number of carbonyl (C=O) groups excluding carboxylic acids is 1. The van der Waals surface area contributed by atoms with Crippen LogP contribution >= 0.6 is 0 Å². The van der Waals surface area contributed by atoms with Crippen molar-refractivity contribution in [1.29, 1.82) is 5.26 Å². The Morgan fingerprint density at radius 2 is 2.41 bits per heavy atom. The van der Waals surface area contributed by atoms with Crippen LogP contribution in [-0.4, -0.2) is 37.7 Å². The third kappa shape index (κ3) is 3.02. The number of nitriles is 1. The van der Waals surface area contributed by atoms with Crippen molar-refractivity contribution in [3.63, 3.8) is 0 Å². The number of hydrogen-bond acceptors (Lipinski definition) is 6. The molecular formula is C8H10N4O4S. The van der Waals surface area contributed by atoms with Crippen LogP contribution in [0.5, 0.6) is 0 Å². The second kappa shape index (κ2) is 5.42. The van der Waals surface area contributed by atoms with Gasteiger partial charge in [-0.1, -0.05) is 0 Å². The molecule has 9 heteroatoms. The van der Waals surface area contributed by atoms with Crippen LogP contribution in [0, 0.1) is 11.3 Å². The van der Waals surface area contributed by atoms with Crippen molar-refractivity contribution in [2.45, 2.75) is 11.9 Å². The first-order chi connectivity index (χ1) is 8.03. The van der Waals surface area contributed by atoms with Crippen LogP contribution in [0.15, 0.2) is 11.2 Å². The van der Waals surface area contributed by atoms with Crippen molar-refractivity contribution in [1.82, 2.24) is 14.9 Å². The SMILES string of the molecule is CCOC(=O)c1cn[nH]c1S(=O)(=O)NCC#N. The van der Waals surface area contributed by atoms with Gasteiger partial charge in [0.25, 0.3) is 10.0 Å². The maximum atomic E-state index is 11.6. The highest BCUT2D eigenvalue weighted by molar-refractivity contribution is 7.89. The van der Waals surface area contributed by atoms with Gasteiger partial charge in [0.1, 0.15) is 5.56 Å². The summed E-state index contributed by atoms with van der Waals surface area (Å²) in [5.41, 5.74) is -0.197. The number of rotatable bonds is 5. The molecule has 0 aromatic carbocycles. The number of hydrogen-bond donors (Lipinski definition) is 2. The Balaban J connectivity index is 3.04. The first-order valence-electron chi connectivity index (χ1n) is 4.60. The number of nitrogens with one attached hydrogen (secondary N) is 2. The summed E-state index contributed by atoms with van der Waals surface area (Å²) in [7, 11) is -3.96. The summed E-state index contributed by atoms with van der Waals surface area (Å²) in [5.74, 6) is -0.793. The van der Waals surface area contributed by atoms with Crippen LogP contribution in [0.3, 0.4) is 0 Å². The van der Waals surface area contributed by atoms with E-state index in [1.54, 1.807) is 13.0 Å². The molecular weight excluding hydrogens is 248 g/mol. The van der Waals surface area contributed by atoms with E-state index in [2.05, 4.69) is 14.9 Å². The number of carbonyl (C=O) groups is 1. The molecule has 1 rings (SSSR count). The van der Waals surface area contributed by atoms with Gasteiger partial charge in [-0.3, -0.25) is 5.10 Å². The maximum Gasteiger partial charge on any atom is 0.342 e. The molecule has 0 radical (unpaired) electrons. The predicted octanol–water partition coefficient (Wildman–Crippen LogP) is -0.612. The molecule has 8 nitrogen and oxygen atoms in total. The first kappa shape index (κ1) is 13.1. The largest absolute Gasteiger partial charge is 0.462 e. The fraction of sp³-hybridized carbons (Fsp3) is 0.375. The Bertz CT molecular complexity index is 542. The van der Waals surface area contributed by atoms with Crippen LogP contribution in [0.1, 0.15) is 17.3 Å². The molecule has 0 amide bonds. The molecule has 1 heterocycles. The quantitative estimate of drug-likeness (QED) is 0.536. The third-order valence-electron chi connectivity index (χ3n) is 1.71. The molecule has 0 fully saturated rings. The Hall–Kier alpha value is -1.92. The Labute approximate surface area is 97.6 Å². The molecule has 1 aromatic heterocycles. The predicted molar refractivity (Wildman–Crippen MR) is 55.3 cm³/mol. The van der Waals surface area contributed by atoms with Crippen LogP contribution in [0.25, 0.3) is 0 Å². The van der Waals surface area contributed by atoms with Gasteiger partial charge < -0.3 is 4.74 Å². The van der Waals surface area contributed by atoms with Gasteiger partial charge >= 0.3 is 5.97 Å². The number of nitrogens with zero attached hydrogens (tertiary/aromatic N) is 2. The van der Waals surface area contributed by atoms with E-state index in [-0.39, 0.29) is 12.2 Å². The van der Waals surface area contributed by atoms with Crippen LogP contribution < -0.4 is 4.72 Å². The highest BCUT2D eigenvalue weighted by Gasteiger charge is 2.25. The molecule has 0 spiro atoms. The molecule has 0 atom stereocenters. The lowest BCUT2D eigenvalue weighted by Crippen LogP contribution is -2.26. The molecule has 2 N–H and O–H groups in total. The number of aromatic amines is 1. The zero-order valence-corrected chi connectivity index (χ0v) is 9.74. The summed E-state index contributed by atoms with van der Waals surface area (Å²) in [6.07, 6.45) is 1.05. The Morgan fingerprint density at radius 3 is 3.00 bits per heavy atom. The van der Waals surface area contributed by atoms with Crippen molar-refractivity contribution in [3.05, 3.63) is 11.8 Å². The van der Waals surface area contributed by atoms with E-state index in [0.717, 1.165) is 6.20 Å². The lowest BCUT2D eigenvalue weighted by molar-refractivity contribution is 0.0522. The molecule has 0 aliphatic heterocycles. The van der Waals surface area contributed by atoms with E-state index in [1.165, 1.54) is 0 Å². The van der Waals surface area contributed by atoms with Gasteiger partial charge in [-0.25, -0.2) is 13.2 Å². The molecule has 92 valence electrons. The first-order valence-corrected chi connectivity index (χ1v) is 6.08. The smallest absolute Gasteiger partial charge is 0.342 e. The van der Waals surface area contributed by atoms with Crippen LogP contribution in [0.4, 0.5) is 0 Å². The molecule has 0 bridgehead atoms. The fourth-order valence-corrected chi connectivity index (χ4v) is 2.03. The van der Waals surface area contributed by atoms with Gasteiger partial charge in [0, 0.05) is 0 Å². The van der Waals surface area contributed by atoms with Gasteiger partial charge in [-0.05, 0) is 6.92 Å². The summed E-state index contributed by atoms with van der Waals surface area (Å²) in [4.78, 5) is 11.4. The normalized spacial score (nSPS) is 10.8. The average Bonchev–Trinajstić information content (AvgIpc) is 2.76.